The van der Waals surface area contributed by atoms with E-state index in [1.54, 1.807) is 62.6 Å². The minimum Gasteiger partial charge on any atom is -0.408 e. The van der Waals surface area contributed by atoms with Crippen LogP contribution in [0.1, 0.15) is 5.56 Å². The van der Waals surface area contributed by atoms with E-state index in [0.29, 0.717) is 23.2 Å². The molecule has 0 unspecified atom stereocenters. The van der Waals surface area contributed by atoms with Gasteiger partial charge in [0.2, 0.25) is 11.8 Å². The van der Waals surface area contributed by atoms with E-state index in [9.17, 15) is 14.4 Å². The summed E-state index contributed by atoms with van der Waals surface area (Å²) in [5, 5.41) is 2.74. The highest BCUT2D eigenvalue weighted by molar-refractivity contribution is 5.91. The van der Waals surface area contributed by atoms with Crippen molar-refractivity contribution in [3.05, 3.63) is 64.6 Å². The van der Waals surface area contributed by atoms with Gasteiger partial charge in [0.1, 0.15) is 6.54 Å². The molecule has 7 heteroatoms. The summed E-state index contributed by atoms with van der Waals surface area (Å²) in [4.78, 5) is 37.4. The number of hydrogen-bond donors (Lipinski definition) is 1. The van der Waals surface area contributed by atoms with Crippen molar-refractivity contribution in [2.75, 3.05) is 19.4 Å². The minimum absolute atomic E-state index is 0.00740. The summed E-state index contributed by atoms with van der Waals surface area (Å²) in [7, 11) is 3.41. The smallest absolute Gasteiger partial charge is 0.408 e. The lowest BCUT2D eigenvalue weighted by atomic mass is 10.1. The third-order valence-corrected chi connectivity index (χ3v) is 3.97. The van der Waals surface area contributed by atoms with Crippen LogP contribution in [0, 0.1) is 0 Å². The molecule has 3 aromatic rings. The number of nitrogens with one attached hydrogen (secondary N) is 1. The van der Waals surface area contributed by atoms with Crippen molar-refractivity contribution in [3.8, 4) is 0 Å². The van der Waals surface area contributed by atoms with E-state index in [0.717, 1.165) is 5.56 Å². The molecule has 7 nitrogen and oxygen atoms in total. The number of para-hydroxylation sites is 2. The number of likely N-dealkylation sites (N-methyl/N-ethyl adjacent to an activating group) is 1. The number of aromatic nitrogens is 1. The van der Waals surface area contributed by atoms with E-state index in [1.165, 1.54) is 9.47 Å². The third kappa shape index (κ3) is 3.83. The van der Waals surface area contributed by atoms with Gasteiger partial charge in [-0.25, -0.2) is 4.79 Å². The number of hydrogen-bond acceptors (Lipinski definition) is 4. The van der Waals surface area contributed by atoms with Gasteiger partial charge in [-0.1, -0.05) is 24.3 Å². The van der Waals surface area contributed by atoms with Crippen LogP contribution in [0.4, 0.5) is 5.69 Å². The standard InChI is InChI=1S/C19H19N3O4/c1-21(2)18(24)11-13-7-9-14(10-8-13)20-17(23)12-22-15-5-3-4-6-16(15)26-19(22)25/h3-10H,11-12H2,1-2H3,(H,20,23). The maximum absolute atomic E-state index is 12.3. The number of amides is 2. The molecule has 0 saturated heterocycles. The molecule has 0 aliphatic rings. The molecule has 0 bridgehead atoms. The fraction of sp³-hybridized carbons (Fsp3) is 0.211. The maximum atomic E-state index is 12.3. The highest BCUT2D eigenvalue weighted by Crippen LogP contribution is 2.13. The van der Waals surface area contributed by atoms with Crippen molar-refractivity contribution in [3.63, 3.8) is 0 Å². The van der Waals surface area contributed by atoms with Crippen LogP contribution in [-0.4, -0.2) is 35.4 Å². The first-order valence-electron chi connectivity index (χ1n) is 8.11. The second kappa shape index (κ2) is 7.26. The normalized spacial score (nSPS) is 10.7. The van der Waals surface area contributed by atoms with Gasteiger partial charge in [-0.3, -0.25) is 14.2 Å². The summed E-state index contributed by atoms with van der Waals surface area (Å²) in [6.07, 6.45) is 0.303. The molecule has 2 aromatic carbocycles. The van der Waals surface area contributed by atoms with Crippen LogP contribution in [0.3, 0.4) is 0 Å². The summed E-state index contributed by atoms with van der Waals surface area (Å²) in [6.45, 7) is -0.142. The predicted molar refractivity (Wildman–Crippen MR) is 97.9 cm³/mol. The van der Waals surface area contributed by atoms with Gasteiger partial charge in [-0.2, -0.15) is 0 Å². The summed E-state index contributed by atoms with van der Waals surface area (Å²) in [5.74, 6) is -0.900. The number of oxazole rings is 1. The van der Waals surface area contributed by atoms with E-state index in [-0.39, 0.29) is 18.4 Å². The fourth-order valence-corrected chi connectivity index (χ4v) is 2.55. The highest BCUT2D eigenvalue weighted by Gasteiger charge is 2.12. The Morgan fingerprint density at radius 1 is 1.08 bits per heavy atom. The lowest BCUT2D eigenvalue weighted by molar-refractivity contribution is -0.128. The number of anilines is 1. The van der Waals surface area contributed by atoms with E-state index in [1.807, 2.05) is 0 Å². The van der Waals surface area contributed by atoms with Crippen molar-refractivity contribution in [2.24, 2.45) is 0 Å². The van der Waals surface area contributed by atoms with Crippen LogP contribution in [0.15, 0.2) is 57.7 Å². The highest BCUT2D eigenvalue weighted by atomic mass is 16.4. The Kier molecular flexibility index (Phi) is 4.88. The number of benzene rings is 2. The molecule has 0 spiro atoms. The lowest BCUT2D eigenvalue weighted by Gasteiger charge is -2.10. The Bertz CT molecular complexity index is 1000. The van der Waals surface area contributed by atoms with Crippen LogP contribution in [0.2, 0.25) is 0 Å². The van der Waals surface area contributed by atoms with Crippen LogP contribution in [0.5, 0.6) is 0 Å². The van der Waals surface area contributed by atoms with Gasteiger partial charge in [0.15, 0.2) is 5.58 Å². The van der Waals surface area contributed by atoms with Crippen molar-refractivity contribution >= 4 is 28.6 Å². The quantitative estimate of drug-likeness (QED) is 0.759. The Balaban J connectivity index is 1.67. The number of nitrogens with zero attached hydrogens (tertiary/aromatic N) is 2. The zero-order valence-electron chi connectivity index (χ0n) is 14.6. The largest absolute Gasteiger partial charge is 0.420 e. The number of rotatable bonds is 5. The molecule has 0 fully saturated rings. The average Bonchev–Trinajstić information content (AvgIpc) is 2.92. The molecular weight excluding hydrogens is 334 g/mol. The van der Waals surface area contributed by atoms with E-state index >= 15 is 0 Å². The molecule has 1 N–H and O–H groups in total. The summed E-state index contributed by atoms with van der Waals surface area (Å²) >= 11 is 0. The fourth-order valence-electron chi connectivity index (χ4n) is 2.55. The molecule has 2 amide bonds. The Labute approximate surface area is 149 Å². The molecule has 134 valence electrons. The van der Waals surface area contributed by atoms with Gasteiger partial charge >= 0.3 is 5.76 Å². The van der Waals surface area contributed by atoms with Gasteiger partial charge in [0, 0.05) is 19.8 Å². The van der Waals surface area contributed by atoms with Crippen molar-refractivity contribution in [1.29, 1.82) is 0 Å². The van der Waals surface area contributed by atoms with Gasteiger partial charge < -0.3 is 14.6 Å². The maximum Gasteiger partial charge on any atom is 0.420 e. The second-order valence-corrected chi connectivity index (χ2v) is 6.13. The zero-order valence-corrected chi connectivity index (χ0v) is 14.6. The summed E-state index contributed by atoms with van der Waals surface area (Å²) < 4.78 is 6.40. The van der Waals surface area contributed by atoms with Crippen LogP contribution in [-0.2, 0) is 22.6 Å². The molecule has 1 aromatic heterocycles. The van der Waals surface area contributed by atoms with Gasteiger partial charge in [0.05, 0.1) is 11.9 Å². The first kappa shape index (κ1) is 17.5. The molecule has 0 atom stereocenters. The molecule has 1 heterocycles. The third-order valence-electron chi connectivity index (χ3n) is 3.97. The minimum atomic E-state index is -0.570. The number of carbonyl (C=O) groups is 2. The zero-order chi connectivity index (χ0) is 18.7. The van der Waals surface area contributed by atoms with Gasteiger partial charge in [-0.15, -0.1) is 0 Å². The number of fused-ring (bicyclic) bond motifs is 1. The van der Waals surface area contributed by atoms with E-state index < -0.39 is 5.76 Å². The van der Waals surface area contributed by atoms with Crippen LogP contribution in [0.25, 0.3) is 11.1 Å². The summed E-state index contributed by atoms with van der Waals surface area (Å²) in [5.41, 5.74) is 2.47. The lowest BCUT2D eigenvalue weighted by Crippen LogP contribution is -2.25. The van der Waals surface area contributed by atoms with Crippen LogP contribution >= 0.6 is 0 Å². The van der Waals surface area contributed by atoms with Crippen molar-refractivity contribution in [1.82, 2.24) is 9.47 Å². The Hall–Kier alpha value is -3.35. The van der Waals surface area contributed by atoms with E-state index in [2.05, 4.69) is 5.32 Å². The van der Waals surface area contributed by atoms with Crippen molar-refractivity contribution < 1.29 is 14.0 Å². The van der Waals surface area contributed by atoms with Gasteiger partial charge in [-0.05, 0) is 29.8 Å². The summed E-state index contributed by atoms with van der Waals surface area (Å²) in [6, 6.07) is 14.0. The monoisotopic (exact) mass is 353 g/mol. The average molecular weight is 353 g/mol. The van der Waals surface area contributed by atoms with Crippen molar-refractivity contribution in [2.45, 2.75) is 13.0 Å². The molecule has 26 heavy (non-hydrogen) atoms. The molecule has 0 radical (unpaired) electrons. The number of carbonyl (C=O) groups excluding carboxylic acids is 2. The van der Waals surface area contributed by atoms with E-state index in [4.69, 9.17) is 4.42 Å². The Morgan fingerprint density at radius 2 is 1.77 bits per heavy atom. The first-order chi connectivity index (χ1) is 12.4. The topological polar surface area (TPSA) is 84.5 Å². The van der Waals surface area contributed by atoms with Gasteiger partial charge in [0.25, 0.3) is 0 Å². The molecule has 0 aliphatic heterocycles. The first-order valence-corrected chi connectivity index (χ1v) is 8.11. The van der Waals surface area contributed by atoms with Crippen LogP contribution < -0.4 is 11.1 Å². The molecule has 3 rings (SSSR count). The second-order valence-electron chi connectivity index (χ2n) is 6.13. The predicted octanol–water partition coefficient (Wildman–Crippen LogP) is 1.86. The molecule has 0 aliphatic carbocycles. The molecule has 0 saturated carbocycles. The molecular formula is C19H19N3O4. The Morgan fingerprint density at radius 3 is 2.46 bits per heavy atom. The SMILES string of the molecule is CN(C)C(=O)Cc1ccc(NC(=O)Cn2c(=O)oc3ccccc32)cc1.